The van der Waals surface area contributed by atoms with Crippen LogP contribution in [0, 0.1) is 0 Å². The minimum absolute atomic E-state index is 0.229. The minimum Gasteiger partial charge on any atom is -0.504 e. The van der Waals surface area contributed by atoms with E-state index in [0.29, 0.717) is 17.0 Å². The van der Waals surface area contributed by atoms with Gasteiger partial charge < -0.3 is 10.2 Å². The van der Waals surface area contributed by atoms with E-state index in [-0.39, 0.29) is 23.1 Å². The molecule has 0 bridgehead atoms. The Labute approximate surface area is 177 Å². The van der Waals surface area contributed by atoms with Gasteiger partial charge in [-0.1, -0.05) is 66.7 Å². The van der Waals surface area contributed by atoms with Gasteiger partial charge in [0.1, 0.15) is 17.1 Å². The first-order valence-corrected chi connectivity index (χ1v) is 9.55. The Morgan fingerprint density at radius 1 is 0.806 bits per heavy atom. The molecule has 0 saturated carbocycles. The first-order valence-electron chi connectivity index (χ1n) is 9.55. The van der Waals surface area contributed by atoms with Gasteiger partial charge in [0, 0.05) is 11.1 Å². The number of benzene rings is 2. The first kappa shape index (κ1) is 18.5. The van der Waals surface area contributed by atoms with Gasteiger partial charge in [-0.3, -0.25) is 4.79 Å². The van der Waals surface area contributed by atoms with Gasteiger partial charge in [0.2, 0.25) is 11.7 Å². The summed E-state index contributed by atoms with van der Waals surface area (Å²) in [7, 11) is 0. The fraction of sp³-hybridized carbons (Fsp3) is 0. The lowest BCUT2D eigenvalue weighted by Crippen LogP contribution is -2.04. The van der Waals surface area contributed by atoms with Crippen molar-refractivity contribution < 1.29 is 15.0 Å². The molecule has 31 heavy (non-hydrogen) atoms. The monoisotopic (exact) mass is 408 g/mol. The highest BCUT2D eigenvalue weighted by Crippen LogP contribution is 2.31. The average molecular weight is 408 g/mol. The number of aliphatic hydroxyl groups is 1. The molecule has 2 N–H and O–H groups in total. The van der Waals surface area contributed by atoms with E-state index in [1.807, 2.05) is 60.7 Å². The van der Waals surface area contributed by atoms with Crippen molar-refractivity contribution in [2.75, 3.05) is 0 Å². The average Bonchev–Trinajstić information content (AvgIpc) is 3.10. The predicted molar refractivity (Wildman–Crippen MR) is 116 cm³/mol. The van der Waals surface area contributed by atoms with Crippen molar-refractivity contribution in [2.45, 2.75) is 0 Å². The van der Waals surface area contributed by atoms with Crippen LogP contribution in [0.2, 0.25) is 0 Å². The summed E-state index contributed by atoms with van der Waals surface area (Å²) in [4.78, 5) is 20.3. The van der Waals surface area contributed by atoms with Crippen LogP contribution in [-0.2, 0) is 4.79 Å². The van der Waals surface area contributed by atoms with Crippen LogP contribution in [0.1, 0.15) is 5.69 Å². The van der Waals surface area contributed by atoms with Crippen molar-refractivity contribution in [3.63, 3.8) is 0 Å². The van der Waals surface area contributed by atoms with Gasteiger partial charge in [0.25, 0.3) is 5.78 Å². The van der Waals surface area contributed by atoms with Crippen LogP contribution >= 0.6 is 0 Å². The van der Waals surface area contributed by atoms with Crippen LogP contribution < -0.4 is 0 Å². The number of allylic oxidation sites excluding steroid dienone is 4. The van der Waals surface area contributed by atoms with Crippen LogP contribution in [0.3, 0.4) is 0 Å². The fourth-order valence-electron chi connectivity index (χ4n) is 3.37. The summed E-state index contributed by atoms with van der Waals surface area (Å²) in [5.41, 5.74) is 3.82. The number of nitrogens with zero attached hydrogens (tertiary/aromatic N) is 4. The lowest BCUT2D eigenvalue weighted by atomic mass is 10.0. The number of rotatable bonds is 3. The second-order valence-corrected chi connectivity index (χ2v) is 6.95. The van der Waals surface area contributed by atoms with E-state index < -0.39 is 5.78 Å². The second kappa shape index (κ2) is 7.38. The lowest BCUT2D eigenvalue weighted by Gasteiger charge is -2.09. The molecule has 7 heteroatoms. The van der Waals surface area contributed by atoms with Crippen molar-refractivity contribution in [1.82, 2.24) is 19.6 Å². The summed E-state index contributed by atoms with van der Waals surface area (Å²) in [6.45, 7) is 0. The number of imidazole rings is 1. The number of aromatic nitrogens is 4. The van der Waals surface area contributed by atoms with E-state index in [1.165, 1.54) is 16.7 Å². The molecule has 0 fully saturated rings. The SMILES string of the molecule is O=C1C=CC(=Cc2c(O)nc3nc(-c4ccccc4)c(-c4ccccc4)nn23)C=C1O. The molecule has 7 nitrogen and oxygen atoms in total. The molecule has 2 aromatic heterocycles. The number of aromatic hydroxyl groups is 1. The largest absolute Gasteiger partial charge is 0.504 e. The third kappa shape index (κ3) is 3.38. The van der Waals surface area contributed by atoms with Gasteiger partial charge >= 0.3 is 0 Å². The second-order valence-electron chi connectivity index (χ2n) is 6.95. The Morgan fingerprint density at radius 3 is 2.10 bits per heavy atom. The van der Waals surface area contributed by atoms with Crippen molar-refractivity contribution in [1.29, 1.82) is 0 Å². The van der Waals surface area contributed by atoms with Crippen molar-refractivity contribution in [3.05, 3.63) is 95.9 Å². The highest BCUT2D eigenvalue weighted by atomic mass is 16.3. The van der Waals surface area contributed by atoms with Crippen LogP contribution in [0.15, 0.2) is 90.2 Å². The van der Waals surface area contributed by atoms with Gasteiger partial charge in [0.05, 0.1) is 0 Å². The molecule has 0 radical (unpaired) electrons. The molecule has 150 valence electrons. The molecule has 0 aliphatic heterocycles. The zero-order valence-corrected chi connectivity index (χ0v) is 16.2. The topological polar surface area (TPSA) is 101 Å². The molecule has 0 atom stereocenters. The maximum Gasteiger partial charge on any atom is 0.255 e. The van der Waals surface area contributed by atoms with Crippen LogP contribution in [0.5, 0.6) is 5.88 Å². The summed E-state index contributed by atoms with van der Waals surface area (Å²) in [5, 5.41) is 25.0. The van der Waals surface area contributed by atoms with Crippen LogP contribution in [0.25, 0.3) is 34.4 Å². The summed E-state index contributed by atoms with van der Waals surface area (Å²) >= 11 is 0. The number of hydrogen-bond donors (Lipinski definition) is 2. The zero-order valence-electron chi connectivity index (χ0n) is 16.2. The van der Waals surface area contributed by atoms with Crippen LogP contribution in [0.4, 0.5) is 0 Å². The van der Waals surface area contributed by atoms with Crippen LogP contribution in [-0.4, -0.2) is 35.6 Å². The highest BCUT2D eigenvalue weighted by molar-refractivity contribution is 6.04. The van der Waals surface area contributed by atoms with E-state index in [4.69, 9.17) is 5.10 Å². The molecular weight excluding hydrogens is 392 g/mol. The Bertz CT molecular complexity index is 1400. The van der Waals surface area contributed by atoms with E-state index in [2.05, 4.69) is 9.97 Å². The molecule has 2 aromatic carbocycles. The first-order chi connectivity index (χ1) is 15.1. The molecule has 0 unspecified atom stereocenters. The molecule has 5 rings (SSSR count). The Morgan fingerprint density at radius 2 is 1.45 bits per heavy atom. The third-order valence-electron chi connectivity index (χ3n) is 4.87. The van der Waals surface area contributed by atoms with Gasteiger partial charge in [-0.25, -0.2) is 4.98 Å². The Kier molecular flexibility index (Phi) is 4.41. The molecule has 0 amide bonds. The van der Waals surface area contributed by atoms with E-state index in [9.17, 15) is 15.0 Å². The molecular formula is C24H16N4O3. The standard InChI is InChI=1S/C24H16N4O3/c29-19-12-11-15(14-20(19)30)13-18-23(31)26-24-25-21(16-7-3-1-4-8-16)22(27-28(18)24)17-9-5-2-6-10-17/h1-14,30-31H. The number of carbonyl (C=O) groups excluding carboxylic acids is 1. The molecule has 0 spiro atoms. The number of carbonyl (C=O) groups is 1. The van der Waals surface area contributed by atoms with E-state index in [1.54, 1.807) is 12.2 Å². The number of fused-ring (bicyclic) bond motifs is 1. The summed E-state index contributed by atoms with van der Waals surface area (Å²) in [6, 6.07) is 19.3. The van der Waals surface area contributed by atoms with Gasteiger partial charge in [-0.2, -0.15) is 14.6 Å². The van der Waals surface area contributed by atoms with Gasteiger partial charge in [-0.15, -0.1) is 0 Å². The van der Waals surface area contributed by atoms with Crippen molar-refractivity contribution >= 4 is 17.6 Å². The Balaban J connectivity index is 1.75. The quantitative estimate of drug-likeness (QED) is 0.529. The van der Waals surface area contributed by atoms with E-state index in [0.717, 1.165) is 11.1 Å². The fourth-order valence-corrected chi connectivity index (χ4v) is 3.37. The number of ketones is 1. The summed E-state index contributed by atoms with van der Waals surface area (Å²) in [5.74, 6) is -0.871. The molecule has 0 saturated heterocycles. The molecule has 2 heterocycles. The normalized spacial score (nSPS) is 14.9. The smallest absolute Gasteiger partial charge is 0.255 e. The maximum absolute atomic E-state index is 11.5. The number of hydrogen-bond acceptors (Lipinski definition) is 6. The molecule has 1 aliphatic carbocycles. The van der Waals surface area contributed by atoms with Crippen molar-refractivity contribution in [3.8, 4) is 28.4 Å². The van der Waals surface area contributed by atoms with Crippen molar-refractivity contribution in [2.24, 2.45) is 0 Å². The van der Waals surface area contributed by atoms with Gasteiger partial charge in [-0.05, 0) is 23.8 Å². The molecule has 4 aromatic rings. The van der Waals surface area contributed by atoms with Gasteiger partial charge in [0.15, 0.2) is 5.76 Å². The predicted octanol–water partition coefficient (Wildman–Crippen LogP) is 4.13. The maximum atomic E-state index is 11.5. The Hall–Kier alpha value is -4.52. The highest BCUT2D eigenvalue weighted by Gasteiger charge is 2.19. The number of aliphatic hydroxyl groups excluding tert-OH is 1. The lowest BCUT2D eigenvalue weighted by molar-refractivity contribution is -0.113. The van der Waals surface area contributed by atoms with E-state index >= 15 is 0 Å². The third-order valence-corrected chi connectivity index (χ3v) is 4.87. The minimum atomic E-state index is -0.474. The summed E-state index contributed by atoms with van der Waals surface area (Å²) in [6.07, 6.45) is 5.71. The zero-order chi connectivity index (χ0) is 21.4. The summed E-state index contributed by atoms with van der Waals surface area (Å²) < 4.78 is 1.45. The molecule has 1 aliphatic rings.